The number of nitrogens with zero attached hydrogens (tertiary/aromatic N) is 2. The van der Waals surface area contributed by atoms with Gasteiger partial charge in [-0.05, 0) is 68.3 Å². The summed E-state index contributed by atoms with van der Waals surface area (Å²) in [5.74, 6) is 0.421. The van der Waals surface area contributed by atoms with Crippen LogP contribution in [0.25, 0.3) is 5.69 Å². The Morgan fingerprint density at radius 2 is 1.83 bits per heavy atom. The molecular formula is C23H23N3O3. The Kier molecular flexibility index (Phi) is 4.70. The Balaban J connectivity index is 1.78. The van der Waals surface area contributed by atoms with Gasteiger partial charge in [-0.1, -0.05) is 6.07 Å². The number of aromatic nitrogens is 2. The fourth-order valence-electron chi connectivity index (χ4n) is 3.77. The molecule has 0 spiro atoms. The number of hydrogen-bond donors (Lipinski definition) is 1. The molecule has 2 heterocycles. The number of aryl methyl sites for hydroxylation is 3. The molecule has 0 radical (unpaired) electrons. The first-order chi connectivity index (χ1) is 13.9. The van der Waals surface area contributed by atoms with Gasteiger partial charge in [-0.25, -0.2) is 4.68 Å². The number of ether oxygens (including phenoxy) is 1. The standard InChI is InChI=1S/C23H23N3O3/c1-13-5-8-17(11-14(13)2)26-23-21(15(3)25-26)19(12-20(27)24-23)22(28)16-6-9-18(29-4)10-7-16/h5-11,19H,12H2,1-4H3,(H,24,27). The van der Waals surface area contributed by atoms with Crippen LogP contribution in [0.4, 0.5) is 5.82 Å². The van der Waals surface area contributed by atoms with Gasteiger partial charge < -0.3 is 10.1 Å². The average Bonchev–Trinajstić information content (AvgIpc) is 3.05. The number of rotatable bonds is 4. The lowest BCUT2D eigenvalue weighted by molar-refractivity contribution is -0.116. The lowest BCUT2D eigenvalue weighted by atomic mass is 9.85. The van der Waals surface area contributed by atoms with Crippen LogP contribution in [0.15, 0.2) is 42.5 Å². The van der Waals surface area contributed by atoms with E-state index in [1.54, 1.807) is 36.1 Å². The minimum Gasteiger partial charge on any atom is -0.497 e. The van der Waals surface area contributed by atoms with Gasteiger partial charge >= 0.3 is 0 Å². The second-order valence-electron chi connectivity index (χ2n) is 7.43. The van der Waals surface area contributed by atoms with E-state index in [4.69, 9.17) is 4.74 Å². The lowest BCUT2D eigenvalue weighted by Crippen LogP contribution is -2.28. The van der Waals surface area contributed by atoms with E-state index in [1.165, 1.54) is 5.56 Å². The van der Waals surface area contributed by atoms with Gasteiger partial charge in [-0.15, -0.1) is 0 Å². The number of nitrogens with one attached hydrogen (secondary N) is 1. The third-order valence-corrected chi connectivity index (χ3v) is 5.53. The molecule has 3 aromatic rings. The van der Waals surface area contributed by atoms with Crippen LogP contribution in [0.2, 0.25) is 0 Å². The molecule has 1 atom stereocenters. The Morgan fingerprint density at radius 1 is 1.10 bits per heavy atom. The fraction of sp³-hybridized carbons (Fsp3) is 0.261. The van der Waals surface area contributed by atoms with Gasteiger partial charge in [-0.2, -0.15) is 5.10 Å². The number of carbonyl (C=O) groups is 2. The summed E-state index contributed by atoms with van der Waals surface area (Å²) >= 11 is 0. The maximum Gasteiger partial charge on any atom is 0.226 e. The van der Waals surface area contributed by atoms with Crippen LogP contribution in [-0.4, -0.2) is 28.6 Å². The van der Waals surface area contributed by atoms with Crippen molar-refractivity contribution in [2.24, 2.45) is 0 Å². The molecule has 1 aromatic heterocycles. The van der Waals surface area contributed by atoms with E-state index in [1.807, 2.05) is 39.0 Å². The highest BCUT2D eigenvalue weighted by Crippen LogP contribution is 2.38. The summed E-state index contributed by atoms with van der Waals surface area (Å²) < 4.78 is 6.89. The predicted molar refractivity (Wildman–Crippen MR) is 111 cm³/mol. The Hall–Kier alpha value is -3.41. The van der Waals surface area contributed by atoms with Gasteiger partial charge in [0, 0.05) is 17.5 Å². The molecule has 148 valence electrons. The van der Waals surface area contributed by atoms with Gasteiger partial charge in [0.15, 0.2) is 5.78 Å². The van der Waals surface area contributed by atoms with Gasteiger partial charge in [-0.3, -0.25) is 9.59 Å². The van der Waals surface area contributed by atoms with Gasteiger partial charge in [0.05, 0.1) is 24.4 Å². The van der Waals surface area contributed by atoms with Crippen molar-refractivity contribution in [3.05, 3.63) is 70.4 Å². The molecule has 1 unspecified atom stereocenters. The zero-order valence-corrected chi connectivity index (χ0v) is 16.9. The molecular weight excluding hydrogens is 366 g/mol. The molecule has 1 aliphatic rings. The van der Waals surface area contributed by atoms with Crippen LogP contribution in [0.1, 0.15) is 45.1 Å². The Morgan fingerprint density at radius 3 is 2.48 bits per heavy atom. The highest BCUT2D eigenvalue weighted by atomic mass is 16.5. The topological polar surface area (TPSA) is 73.2 Å². The van der Waals surface area contributed by atoms with Crippen LogP contribution < -0.4 is 10.1 Å². The molecule has 6 nitrogen and oxygen atoms in total. The summed E-state index contributed by atoms with van der Waals surface area (Å²) in [6.07, 6.45) is 0.108. The number of amides is 1. The molecule has 0 fully saturated rings. The molecule has 0 saturated heterocycles. The van der Waals surface area contributed by atoms with Crippen LogP contribution in [0.5, 0.6) is 5.75 Å². The number of methoxy groups -OCH3 is 1. The summed E-state index contributed by atoms with van der Waals surface area (Å²) in [4.78, 5) is 25.7. The monoisotopic (exact) mass is 389 g/mol. The first kappa shape index (κ1) is 18.9. The molecule has 0 saturated carbocycles. The third-order valence-electron chi connectivity index (χ3n) is 5.53. The summed E-state index contributed by atoms with van der Waals surface area (Å²) in [6, 6.07) is 13.0. The molecule has 29 heavy (non-hydrogen) atoms. The summed E-state index contributed by atoms with van der Waals surface area (Å²) in [5.41, 5.74) is 5.25. The predicted octanol–water partition coefficient (Wildman–Crippen LogP) is 4.11. The number of fused-ring (bicyclic) bond motifs is 1. The van der Waals surface area contributed by atoms with E-state index < -0.39 is 5.92 Å². The van der Waals surface area contributed by atoms with E-state index in [-0.39, 0.29) is 18.1 Å². The molecule has 6 heteroatoms. The number of ketones is 1. The van der Waals surface area contributed by atoms with E-state index >= 15 is 0 Å². The van der Waals surface area contributed by atoms with Crippen molar-refractivity contribution < 1.29 is 14.3 Å². The van der Waals surface area contributed by atoms with Gasteiger partial charge in [0.2, 0.25) is 5.91 Å². The highest BCUT2D eigenvalue weighted by Gasteiger charge is 2.36. The normalized spacial score (nSPS) is 15.6. The fourth-order valence-corrected chi connectivity index (χ4v) is 3.77. The van der Waals surface area contributed by atoms with Crippen molar-refractivity contribution in [3.8, 4) is 11.4 Å². The highest BCUT2D eigenvalue weighted by molar-refractivity contribution is 6.08. The number of benzene rings is 2. The first-order valence-corrected chi connectivity index (χ1v) is 9.54. The van der Waals surface area contributed by atoms with Crippen molar-refractivity contribution in [1.29, 1.82) is 0 Å². The lowest BCUT2D eigenvalue weighted by Gasteiger charge is -2.23. The Bertz CT molecular complexity index is 1110. The van der Waals surface area contributed by atoms with Crippen LogP contribution >= 0.6 is 0 Å². The molecule has 2 aromatic carbocycles. The maximum atomic E-state index is 13.2. The SMILES string of the molecule is COc1ccc(C(=O)C2CC(=O)Nc3c2c(C)nn3-c2ccc(C)c(C)c2)cc1. The second kappa shape index (κ2) is 7.20. The van der Waals surface area contributed by atoms with Crippen LogP contribution in [0.3, 0.4) is 0 Å². The average molecular weight is 389 g/mol. The van der Waals surface area contributed by atoms with Gasteiger partial charge in [0.1, 0.15) is 11.6 Å². The summed E-state index contributed by atoms with van der Waals surface area (Å²) in [5, 5.41) is 7.58. The largest absolute Gasteiger partial charge is 0.497 e. The zero-order chi connectivity index (χ0) is 20.7. The van der Waals surface area contributed by atoms with Gasteiger partial charge in [0.25, 0.3) is 0 Å². The molecule has 4 rings (SSSR count). The quantitative estimate of drug-likeness (QED) is 0.682. The number of carbonyl (C=O) groups excluding carboxylic acids is 2. The Labute approximate surface area is 169 Å². The zero-order valence-electron chi connectivity index (χ0n) is 16.9. The van der Waals surface area contributed by atoms with Crippen molar-refractivity contribution in [3.63, 3.8) is 0 Å². The molecule has 1 amide bonds. The van der Waals surface area contributed by atoms with Crippen LogP contribution in [0, 0.1) is 20.8 Å². The van der Waals surface area contributed by atoms with Crippen molar-refractivity contribution >= 4 is 17.5 Å². The molecule has 1 N–H and O–H groups in total. The second-order valence-corrected chi connectivity index (χ2v) is 7.43. The summed E-state index contributed by atoms with van der Waals surface area (Å²) in [7, 11) is 1.58. The minimum absolute atomic E-state index is 0.0912. The summed E-state index contributed by atoms with van der Waals surface area (Å²) in [6.45, 7) is 5.96. The first-order valence-electron chi connectivity index (χ1n) is 9.54. The van der Waals surface area contributed by atoms with E-state index in [9.17, 15) is 9.59 Å². The number of hydrogen-bond acceptors (Lipinski definition) is 4. The molecule has 0 aliphatic carbocycles. The molecule has 0 bridgehead atoms. The van der Waals surface area contributed by atoms with Crippen LogP contribution in [-0.2, 0) is 4.79 Å². The van der Waals surface area contributed by atoms with Crippen molar-refractivity contribution in [2.75, 3.05) is 12.4 Å². The number of anilines is 1. The maximum absolute atomic E-state index is 13.2. The van der Waals surface area contributed by atoms with E-state index in [2.05, 4.69) is 10.4 Å². The van der Waals surface area contributed by atoms with E-state index in [0.29, 0.717) is 17.1 Å². The van der Waals surface area contributed by atoms with E-state index in [0.717, 1.165) is 22.5 Å². The number of Topliss-reactive ketones (excluding diaryl/α,β-unsaturated/α-hetero) is 1. The smallest absolute Gasteiger partial charge is 0.226 e. The minimum atomic E-state index is -0.563. The van der Waals surface area contributed by atoms with Crippen molar-refractivity contribution in [1.82, 2.24) is 9.78 Å². The van der Waals surface area contributed by atoms with Crippen molar-refractivity contribution in [2.45, 2.75) is 33.1 Å². The molecule has 1 aliphatic heterocycles. The third kappa shape index (κ3) is 3.31.